The average molecular weight is 342 g/mol. The molecule has 1 atom stereocenters. The van der Waals surface area contributed by atoms with Gasteiger partial charge in [0.15, 0.2) is 5.58 Å². The lowest BCUT2D eigenvalue weighted by Crippen LogP contribution is -2.34. The standard InChI is InChI=1S/C19H20ClN3O/c1-22(19-21-17-8-7-15(20)11-18(17)24-19)16-9-10-23(13-16)12-14-5-3-2-4-6-14/h2-8,11,16H,9-10,12-13H2,1H3/t16-/m1/s1. The second-order valence-electron chi connectivity index (χ2n) is 6.38. The molecule has 1 aliphatic rings. The van der Waals surface area contributed by atoms with Crippen molar-refractivity contribution in [2.45, 2.75) is 19.0 Å². The fraction of sp³-hybridized carbons (Fsp3) is 0.316. The Bertz CT molecular complexity index is 833. The third kappa shape index (κ3) is 3.12. The molecule has 1 fully saturated rings. The largest absolute Gasteiger partial charge is 0.423 e. The molecule has 0 bridgehead atoms. The predicted octanol–water partition coefficient (Wildman–Crippen LogP) is 4.19. The van der Waals surface area contributed by atoms with Crippen LogP contribution in [-0.4, -0.2) is 36.1 Å². The van der Waals surface area contributed by atoms with Gasteiger partial charge in [-0.05, 0) is 24.1 Å². The van der Waals surface area contributed by atoms with Gasteiger partial charge >= 0.3 is 0 Å². The van der Waals surface area contributed by atoms with Gasteiger partial charge in [-0.2, -0.15) is 4.98 Å². The third-order valence-electron chi connectivity index (χ3n) is 4.69. The number of fused-ring (bicyclic) bond motifs is 1. The van der Waals surface area contributed by atoms with E-state index in [-0.39, 0.29) is 0 Å². The predicted molar refractivity (Wildman–Crippen MR) is 97.5 cm³/mol. The van der Waals surface area contributed by atoms with Crippen molar-refractivity contribution >= 4 is 28.7 Å². The minimum absolute atomic E-state index is 0.414. The van der Waals surface area contributed by atoms with Crippen LogP contribution >= 0.6 is 11.6 Å². The number of hydrogen-bond acceptors (Lipinski definition) is 4. The molecule has 5 heteroatoms. The first-order chi connectivity index (χ1) is 11.7. The lowest BCUT2D eigenvalue weighted by molar-refractivity contribution is 0.325. The van der Waals surface area contributed by atoms with Gasteiger partial charge in [0, 0.05) is 43.8 Å². The summed E-state index contributed by atoms with van der Waals surface area (Å²) >= 11 is 6.02. The van der Waals surface area contributed by atoms with Crippen LogP contribution in [0.3, 0.4) is 0 Å². The van der Waals surface area contributed by atoms with E-state index in [1.807, 2.05) is 18.2 Å². The van der Waals surface area contributed by atoms with E-state index >= 15 is 0 Å². The molecule has 2 aromatic carbocycles. The minimum atomic E-state index is 0.414. The van der Waals surface area contributed by atoms with Crippen molar-refractivity contribution in [3.8, 4) is 0 Å². The zero-order valence-electron chi connectivity index (χ0n) is 13.7. The van der Waals surface area contributed by atoms with Crippen LogP contribution in [0.2, 0.25) is 5.02 Å². The fourth-order valence-electron chi connectivity index (χ4n) is 3.31. The zero-order valence-corrected chi connectivity index (χ0v) is 14.4. The van der Waals surface area contributed by atoms with Crippen molar-refractivity contribution in [2.24, 2.45) is 0 Å². The van der Waals surface area contributed by atoms with Crippen LogP contribution in [-0.2, 0) is 6.54 Å². The average Bonchev–Trinajstić information content (AvgIpc) is 3.21. The first kappa shape index (κ1) is 15.5. The van der Waals surface area contributed by atoms with Gasteiger partial charge in [-0.3, -0.25) is 4.90 Å². The molecule has 0 spiro atoms. The SMILES string of the molecule is CN(c1nc2ccc(Cl)cc2o1)[C@@H]1CCN(Cc2ccccc2)C1. The van der Waals surface area contributed by atoms with Crippen molar-refractivity contribution in [1.82, 2.24) is 9.88 Å². The number of anilines is 1. The summed E-state index contributed by atoms with van der Waals surface area (Å²) in [6, 6.07) is 17.2. The normalized spacial score (nSPS) is 18.3. The highest BCUT2D eigenvalue weighted by Crippen LogP contribution is 2.27. The Morgan fingerprint density at radius 2 is 2.08 bits per heavy atom. The molecule has 3 aromatic rings. The highest BCUT2D eigenvalue weighted by molar-refractivity contribution is 6.31. The van der Waals surface area contributed by atoms with E-state index in [2.05, 4.69) is 52.2 Å². The van der Waals surface area contributed by atoms with Crippen LogP contribution in [0.5, 0.6) is 0 Å². The molecule has 0 saturated carbocycles. The van der Waals surface area contributed by atoms with E-state index in [0.29, 0.717) is 17.1 Å². The maximum Gasteiger partial charge on any atom is 0.298 e. The quantitative estimate of drug-likeness (QED) is 0.712. The van der Waals surface area contributed by atoms with Crippen molar-refractivity contribution < 1.29 is 4.42 Å². The molecule has 1 saturated heterocycles. The molecule has 0 N–H and O–H groups in total. The van der Waals surface area contributed by atoms with Gasteiger partial charge in [-0.1, -0.05) is 41.9 Å². The highest BCUT2D eigenvalue weighted by Gasteiger charge is 2.28. The lowest BCUT2D eigenvalue weighted by Gasteiger charge is -2.23. The summed E-state index contributed by atoms with van der Waals surface area (Å²) in [4.78, 5) is 9.22. The second-order valence-corrected chi connectivity index (χ2v) is 6.82. The monoisotopic (exact) mass is 341 g/mol. The first-order valence-electron chi connectivity index (χ1n) is 8.24. The van der Waals surface area contributed by atoms with E-state index in [9.17, 15) is 0 Å². The molecule has 4 rings (SSSR count). The number of rotatable bonds is 4. The molecule has 2 heterocycles. The third-order valence-corrected chi connectivity index (χ3v) is 4.92. The number of likely N-dealkylation sites (N-methyl/N-ethyl adjacent to an activating group) is 1. The Kier molecular flexibility index (Phi) is 4.17. The number of nitrogens with zero attached hydrogens (tertiary/aromatic N) is 3. The summed E-state index contributed by atoms with van der Waals surface area (Å²) in [5.74, 6) is 0. The first-order valence-corrected chi connectivity index (χ1v) is 8.62. The number of halogens is 1. The van der Waals surface area contributed by atoms with E-state index in [4.69, 9.17) is 16.0 Å². The fourth-order valence-corrected chi connectivity index (χ4v) is 3.47. The van der Waals surface area contributed by atoms with Crippen molar-refractivity contribution in [3.63, 3.8) is 0 Å². The Balaban J connectivity index is 1.45. The van der Waals surface area contributed by atoms with Crippen molar-refractivity contribution in [1.29, 1.82) is 0 Å². The molecule has 0 radical (unpaired) electrons. The molecule has 0 amide bonds. The van der Waals surface area contributed by atoms with Gasteiger partial charge in [-0.15, -0.1) is 0 Å². The highest BCUT2D eigenvalue weighted by atomic mass is 35.5. The summed E-state index contributed by atoms with van der Waals surface area (Å²) < 4.78 is 5.89. The molecular weight excluding hydrogens is 322 g/mol. The van der Waals surface area contributed by atoms with Crippen LogP contribution in [0.4, 0.5) is 6.01 Å². The van der Waals surface area contributed by atoms with Gasteiger partial charge in [0.05, 0.1) is 0 Å². The van der Waals surface area contributed by atoms with Crippen molar-refractivity contribution in [2.75, 3.05) is 25.0 Å². The van der Waals surface area contributed by atoms with E-state index < -0.39 is 0 Å². The van der Waals surface area contributed by atoms with Gasteiger partial charge in [0.1, 0.15) is 5.52 Å². The summed E-state index contributed by atoms with van der Waals surface area (Å²) in [5, 5.41) is 0.669. The van der Waals surface area contributed by atoms with E-state index in [1.54, 1.807) is 0 Å². The Morgan fingerprint density at radius 1 is 1.25 bits per heavy atom. The van der Waals surface area contributed by atoms with Crippen molar-refractivity contribution in [3.05, 3.63) is 59.1 Å². The lowest BCUT2D eigenvalue weighted by atomic mass is 10.2. The van der Waals surface area contributed by atoms with Gasteiger partial charge in [0.25, 0.3) is 6.01 Å². The molecule has 24 heavy (non-hydrogen) atoms. The summed E-state index contributed by atoms with van der Waals surface area (Å²) in [7, 11) is 2.06. The van der Waals surface area contributed by atoms with Crippen LogP contribution in [0, 0.1) is 0 Å². The maximum absolute atomic E-state index is 6.02. The van der Waals surface area contributed by atoms with Crippen LogP contribution < -0.4 is 4.90 Å². The van der Waals surface area contributed by atoms with E-state index in [0.717, 1.165) is 37.2 Å². The smallest absolute Gasteiger partial charge is 0.298 e. The second kappa shape index (κ2) is 6.46. The number of likely N-dealkylation sites (tertiary alicyclic amines) is 1. The molecule has 1 aromatic heterocycles. The van der Waals surface area contributed by atoms with E-state index in [1.165, 1.54) is 5.56 Å². The topological polar surface area (TPSA) is 32.5 Å². The molecule has 0 unspecified atom stereocenters. The Hall–Kier alpha value is -2.04. The summed E-state index contributed by atoms with van der Waals surface area (Å²) in [5.41, 5.74) is 2.95. The molecular formula is C19H20ClN3O. The molecule has 124 valence electrons. The number of hydrogen-bond donors (Lipinski definition) is 0. The van der Waals surface area contributed by atoms with Gasteiger partial charge in [0.2, 0.25) is 0 Å². The summed E-state index contributed by atoms with van der Waals surface area (Å²) in [6.45, 7) is 3.11. The van der Waals surface area contributed by atoms with Crippen LogP contribution in [0.25, 0.3) is 11.1 Å². The van der Waals surface area contributed by atoms with Crippen LogP contribution in [0.15, 0.2) is 52.9 Å². The molecule has 0 aliphatic carbocycles. The van der Waals surface area contributed by atoms with Gasteiger partial charge < -0.3 is 9.32 Å². The molecule has 1 aliphatic heterocycles. The number of benzene rings is 2. The molecule has 4 nitrogen and oxygen atoms in total. The zero-order chi connectivity index (χ0) is 16.5. The maximum atomic E-state index is 6.02. The number of oxazole rings is 1. The number of aromatic nitrogens is 1. The Morgan fingerprint density at radius 3 is 2.92 bits per heavy atom. The van der Waals surface area contributed by atoms with Gasteiger partial charge in [-0.25, -0.2) is 0 Å². The minimum Gasteiger partial charge on any atom is -0.423 e. The van der Waals surface area contributed by atoms with Crippen LogP contribution in [0.1, 0.15) is 12.0 Å². The Labute approximate surface area is 146 Å². The summed E-state index contributed by atoms with van der Waals surface area (Å²) in [6.07, 6.45) is 1.11.